The number of hydrogen-bond acceptors (Lipinski definition) is 18. The van der Waals surface area contributed by atoms with Gasteiger partial charge in [-0.15, -0.1) is 0 Å². The number of fused-ring (bicyclic) bond motifs is 1. The molecule has 0 aromatic heterocycles. The number of phosphoric acid groups is 2. The van der Waals surface area contributed by atoms with E-state index in [1.165, 1.54) is 0 Å². The van der Waals surface area contributed by atoms with E-state index >= 15 is 0 Å². The summed E-state index contributed by atoms with van der Waals surface area (Å²) in [5.41, 5.74) is 6.04. The number of nitrogens with two attached hydrogens (primary N) is 1. The molecule has 0 saturated carbocycles. The lowest BCUT2D eigenvalue weighted by Gasteiger charge is -2.38. The standard InChI is InChI=1S/C21H40N6O15P2/c22-17-12-18(24-7-23-17)27(8-25-12)20-16(31)14(29)11(41-20)6-39-44(36,37)42-43(34,35)38-5-10-13(28)15(30)19(40-10)26-3-1-2-9(4-26)21(32)33/h9-20,23-25,28-31H,1-8,22H2,(H,32,33)(H,34,35)(H,36,37)/t9?,10-,11-,12?,13-,14-,15-,16-,17?,18?,19-,20-/m1/s1. The van der Waals surface area contributed by atoms with Crippen LogP contribution in [0.15, 0.2) is 0 Å². The molecule has 21 nitrogen and oxygen atoms in total. The van der Waals surface area contributed by atoms with Crippen LogP contribution in [-0.2, 0) is 36.8 Å². The number of likely N-dealkylation sites (tertiary alicyclic amines) is 1. The maximum absolute atomic E-state index is 12.4. The zero-order valence-corrected chi connectivity index (χ0v) is 25.2. The SMILES string of the molecule is NC1NCNC2C1NCN2[C@@H]1O[C@H](COP(=O)(O)OP(=O)([O-])OC[C@H]2O[C@@H]([NH+]3CCCC(C(=O)O)C3)[C@H](O)[C@@H]2O)[C@@H](O)[C@H]1O. The molecule has 44 heavy (non-hydrogen) atoms. The van der Waals surface area contributed by atoms with Gasteiger partial charge in [-0.3, -0.25) is 29.8 Å². The van der Waals surface area contributed by atoms with Gasteiger partial charge in [-0.05, 0) is 12.8 Å². The Morgan fingerprint density at radius 1 is 1.02 bits per heavy atom. The lowest BCUT2D eigenvalue weighted by Crippen LogP contribution is -3.18. The Morgan fingerprint density at radius 2 is 1.70 bits per heavy atom. The second-order valence-corrected chi connectivity index (χ2v) is 14.5. The van der Waals surface area contributed by atoms with E-state index in [1.54, 1.807) is 4.90 Å². The van der Waals surface area contributed by atoms with E-state index < -0.39 is 96.0 Å². The summed E-state index contributed by atoms with van der Waals surface area (Å²) in [6, 6.07) is -0.246. The molecule has 15 atom stereocenters. The second kappa shape index (κ2) is 13.8. The van der Waals surface area contributed by atoms with Crippen molar-refractivity contribution in [2.24, 2.45) is 11.7 Å². The van der Waals surface area contributed by atoms with E-state index in [4.69, 9.17) is 19.7 Å². The Balaban J connectivity index is 1.10. The average Bonchev–Trinajstić information content (AvgIpc) is 3.61. The minimum Gasteiger partial charge on any atom is -0.756 e. The number of nitrogens with zero attached hydrogens (tertiary/aromatic N) is 1. The molecular formula is C21H40N6O15P2. The van der Waals surface area contributed by atoms with E-state index in [0.717, 1.165) is 0 Å². The van der Waals surface area contributed by atoms with Crippen LogP contribution in [0.5, 0.6) is 0 Å². The zero-order chi connectivity index (χ0) is 32.0. The number of carbonyl (C=O) groups is 1. The lowest BCUT2D eigenvalue weighted by molar-refractivity contribution is -0.956. The first-order valence-corrected chi connectivity index (χ1v) is 17.1. The maximum Gasteiger partial charge on any atom is 0.478 e. The summed E-state index contributed by atoms with van der Waals surface area (Å²) in [5.74, 6) is -1.67. The highest BCUT2D eigenvalue weighted by molar-refractivity contribution is 7.60. The molecule has 0 bridgehead atoms. The van der Waals surface area contributed by atoms with E-state index in [0.29, 0.717) is 31.0 Å². The molecule has 5 heterocycles. The number of carboxylic acid groups (broad SMARTS) is 1. The number of aliphatic hydroxyl groups is 4. The van der Waals surface area contributed by atoms with Gasteiger partial charge in [-0.25, -0.2) is 13.8 Å². The zero-order valence-electron chi connectivity index (χ0n) is 23.4. The van der Waals surface area contributed by atoms with Gasteiger partial charge in [-0.2, -0.15) is 0 Å². The molecule has 0 aromatic rings. The van der Waals surface area contributed by atoms with Crippen LogP contribution in [0.4, 0.5) is 0 Å². The van der Waals surface area contributed by atoms with Crippen LogP contribution in [0.2, 0.25) is 0 Å². The van der Waals surface area contributed by atoms with E-state index in [9.17, 15) is 49.2 Å². The summed E-state index contributed by atoms with van der Waals surface area (Å²) in [6.07, 6.45) is -10.7. The van der Waals surface area contributed by atoms with Gasteiger partial charge in [0.25, 0.3) is 7.82 Å². The van der Waals surface area contributed by atoms with Crippen LogP contribution in [-0.4, -0.2) is 148 Å². The molecule has 7 unspecified atom stereocenters. The van der Waals surface area contributed by atoms with Gasteiger partial charge >= 0.3 is 13.8 Å². The van der Waals surface area contributed by atoms with Crippen molar-refractivity contribution in [3.63, 3.8) is 0 Å². The van der Waals surface area contributed by atoms with Crippen molar-refractivity contribution in [1.29, 1.82) is 0 Å². The van der Waals surface area contributed by atoms with Gasteiger partial charge in [0.15, 0.2) is 6.10 Å². The molecule has 0 radical (unpaired) electrons. The topological polar surface area (TPSA) is 312 Å². The highest BCUT2D eigenvalue weighted by Crippen LogP contribution is 2.58. The summed E-state index contributed by atoms with van der Waals surface area (Å²) < 4.78 is 49.6. The van der Waals surface area contributed by atoms with Crippen LogP contribution in [0.3, 0.4) is 0 Å². The summed E-state index contributed by atoms with van der Waals surface area (Å²) in [5, 5.41) is 60.5. The molecule has 254 valence electrons. The predicted molar refractivity (Wildman–Crippen MR) is 139 cm³/mol. The fourth-order valence-electron chi connectivity index (χ4n) is 6.29. The monoisotopic (exact) mass is 678 g/mol. The minimum absolute atomic E-state index is 0.126. The first kappa shape index (κ1) is 34.6. The molecule has 5 saturated heterocycles. The summed E-state index contributed by atoms with van der Waals surface area (Å²) in [7, 11) is -10.9. The Bertz CT molecular complexity index is 1130. The summed E-state index contributed by atoms with van der Waals surface area (Å²) >= 11 is 0. The number of aliphatic hydroxyl groups excluding tert-OH is 4. The molecule has 5 fully saturated rings. The van der Waals surface area contributed by atoms with E-state index in [1.807, 2.05) is 0 Å². The van der Waals surface area contributed by atoms with Crippen molar-refractivity contribution in [1.82, 2.24) is 20.9 Å². The van der Waals surface area contributed by atoms with Crippen LogP contribution in [0.25, 0.3) is 0 Å². The lowest BCUT2D eigenvalue weighted by atomic mass is 9.97. The van der Waals surface area contributed by atoms with Gasteiger partial charge in [0.05, 0.1) is 51.3 Å². The van der Waals surface area contributed by atoms with Crippen LogP contribution >= 0.6 is 15.6 Å². The van der Waals surface area contributed by atoms with Crippen molar-refractivity contribution < 1.29 is 77.0 Å². The average molecular weight is 679 g/mol. The first-order chi connectivity index (χ1) is 20.7. The number of ether oxygens (including phenoxy) is 2. The smallest absolute Gasteiger partial charge is 0.478 e. The molecule has 0 amide bonds. The third-order valence-corrected chi connectivity index (χ3v) is 11.1. The molecule has 0 spiro atoms. The molecule has 12 N–H and O–H groups in total. The Hall–Kier alpha value is -0.750. The van der Waals surface area contributed by atoms with Crippen molar-refractivity contribution in [3.05, 3.63) is 0 Å². The number of quaternary nitrogens is 1. The van der Waals surface area contributed by atoms with Crippen LogP contribution in [0.1, 0.15) is 12.8 Å². The Kier molecular flexibility index (Phi) is 10.8. The van der Waals surface area contributed by atoms with E-state index in [2.05, 4.69) is 24.8 Å². The highest BCUT2D eigenvalue weighted by atomic mass is 31.3. The van der Waals surface area contributed by atoms with Gasteiger partial charge < -0.3 is 60.0 Å². The van der Waals surface area contributed by atoms with Gasteiger partial charge in [0.2, 0.25) is 6.23 Å². The Morgan fingerprint density at radius 3 is 2.43 bits per heavy atom. The second-order valence-electron chi connectivity index (χ2n) is 11.5. The fourth-order valence-corrected chi connectivity index (χ4v) is 8.34. The van der Waals surface area contributed by atoms with Crippen molar-refractivity contribution in [3.8, 4) is 0 Å². The maximum atomic E-state index is 12.4. The number of rotatable bonds is 11. The van der Waals surface area contributed by atoms with Gasteiger partial charge in [0.1, 0.15) is 42.7 Å². The fraction of sp³-hybridized carbons (Fsp3) is 0.952. The van der Waals surface area contributed by atoms with Crippen molar-refractivity contribution in [2.45, 2.75) is 80.3 Å². The van der Waals surface area contributed by atoms with Gasteiger partial charge in [0, 0.05) is 6.67 Å². The number of piperidine rings is 1. The largest absolute Gasteiger partial charge is 0.756 e. The predicted octanol–water partition coefficient (Wildman–Crippen LogP) is -7.13. The quantitative estimate of drug-likeness (QED) is 0.0904. The summed E-state index contributed by atoms with van der Waals surface area (Å²) in [6.45, 7) is -0.557. The van der Waals surface area contributed by atoms with Crippen molar-refractivity contribution >= 4 is 21.6 Å². The number of phosphoric ester groups is 2. The van der Waals surface area contributed by atoms with Crippen molar-refractivity contribution in [2.75, 3.05) is 39.6 Å². The number of nitrogens with one attached hydrogen (secondary N) is 4. The molecule has 0 aliphatic carbocycles. The molecular weight excluding hydrogens is 638 g/mol. The van der Waals surface area contributed by atoms with E-state index in [-0.39, 0.29) is 25.4 Å². The molecule has 5 aliphatic heterocycles. The number of aliphatic carboxylic acids is 1. The van der Waals surface area contributed by atoms with Gasteiger partial charge in [-0.1, -0.05) is 0 Å². The normalized spacial score (nSPS) is 45.9. The first-order valence-electron chi connectivity index (χ1n) is 14.1. The third-order valence-electron chi connectivity index (χ3n) is 8.58. The minimum atomic E-state index is -5.57. The molecule has 5 rings (SSSR count). The molecule has 0 aromatic carbocycles. The summed E-state index contributed by atoms with van der Waals surface area (Å²) in [4.78, 5) is 36.0. The highest BCUT2D eigenvalue weighted by Gasteiger charge is 2.53. The van der Waals surface area contributed by atoms with Crippen LogP contribution < -0.4 is 31.5 Å². The number of hydrogen-bond donors (Lipinski definition) is 11. The number of carboxylic acids is 1. The molecule has 23 heteroatoms. The van der Waals surface area contributed by atoms with Crippen LogP contribution in [0, 0.1) is 5.92 Å². The molecule has 5 aliphatic rings. The third kappa shape index (κ3) is 7.52. The Labute approximate surface area is 251 Å².